The summed E-state index contributed by atoms with van der Waals surface area (Å²) >= 11 is 6.07. The van der Waals surface area contributed by atoms with Crippen LogP contribution in [-0.4, -0.2) is 42.1 Å². The highest BCUT2D eigenvalue weighted by Crippen LogP contribution is 2.25. The number of halogens is 1. The highest BCUT2D eigenvalue weighted by molar-refractivity contribution is 6.17. The Bertz CT molecular complexity index is 477. The van der Waals surface area contributed by atoms with Crippen molar-refractivity contribution in [2.24, 2.45) is 0 Å². The second-order valence-electron chi connectivity index (χ2n) is 6.34. The van der Waals surface area contributed by atoms with E-state index in [0.717, 1.165) is 37.8 Å². The average Bonchev–Trinajstić information content (AvgIpc) is 2.54. The molecular weight excluding hydrogens is 282 g/mol. The third-order valence-corrected chi connectivity index (χ3v) is 5.06. The van der Waals surface area contributed by atoms with Gasteiger partial charge in [0.2, 0.25) is 0 Å². The maximum atomic E-state index is 6.07. The van der Waals surface area contributed by atoms with Crippen LogP contribution in [0.1, 0.15) is 43.9 Å². The standard InChI is InChI=1S/C17H26ClN3/c1-2-5-15-10-14(12-18)11-17(19-15)21-9-8-20-7-4-3-6-16(20)13-21/h10-11,16H,2-9,12-13H2,1H3. The Morgan fingerprint density at radius 1 is 1.24 bits per heavy atom. The minimum atomic E-state index is 0.579. The van der Waals surface area contributed by atoms with E-state index in [1.54, 1.807) is 0 Å². The van der Waals surface area contributed by atoms with Gasteiger partial charge in [-0.15, -0.1) is 11.6 Å². The predicted molar refractivity (Wildman–Crippen MR) is 89.2 cm³/mol. The molecule has 0 spiro atoms. The molecule has 0 saturated carbocycles. The summed E-state index contributed by atoms with van der Waals surface area (Å²) in [5.74, 6) is 1.72. The van der Waals surface area contributed by atoms with Gasteiger partial charge >= 0.3 is 0 Å². The number of anilines is 1. The maximum Gasteiger partial charge on any atom is 0.129 e. The molecule has 116 valence electrons. The third kappa shape index (κ3) is 3.51. The van der Waals surface area contributed by atoms with E-state index in [4.69, 9.17) is 16.6 Å². The fourth-order valence-electron chi connectivity index (χ4n) is 3.62. The summed E-state index contributed by atoms with van der Waals surface area (Å²) in [6.45, 7) is 6.90. The number of nitrogens with zero attached hydrogens (tertiary/aromatic N) is 3. The largest absolute Gasteiger partial charge is 0.354 e. The van der Waals surface area contributed by atoms with Crippen LogP contribution in [0.5, 0.6) is 0 Å². The first-order chi connectivity index (χ1) is 10.3. The molecule has 2 aliphatic heterocycles. The molecule has 1 atom stereocenters. The first-order valence-corrected chi connectivity index (χ1v) is 8.88. The SMILES string of the molecule is CCCc1cc(CCl)cc(N2CCN3CCCCC3C2)n1. The van der Waals surface area contributed by atoms with Crippen molar-refractivity contribution in [3.05, 3.63) is 23.4 Å². The first-order valence-electron chi connectivity index (χ1n) is 8.35. The molecule has 4 heteroatoms. The topological polar surface area (TPSA) is 19.4 Å². The van der Waals surface area contributed by atoms with E-state index in [1.807, 2.05) is 0 Å². The smallest absolute Gasteiger partial charge is 0.129 e. The molecule has 2 saturated heterocycles. The average molecular weight is 308 g/mol. The summed E-state index contributed by atoms with van der Waals surface area (Å²) in [4.78, 5) is 10.0. The molecule has 2 fully saturated rings. The zero-order valence-electron chi connectivity index (χ0n) is 13.0. The summed E-state index contributed by atoms with van der Waals surface area (Å²) in [5.41, 5.74) is 2.40. The van der Waals surface area contributed by atoms with Crippen molar-refractivity contribution in [3.8, 4) is 0 Å². The van der Waals surface area contributed by atoms with E-state index in [9.17, 15) is 0 Å². The Labute approximate surface area is 133 Å². The molecule has 1 unspecified atom stereocenters. The van der Waals surface area contributed by atoms with Crippen molar-refractivity contribution < 1.29 is 0 Å². The van der Waals surface area contributed by atoms with E-state index in [2.05, 4.69) is 28.9 Å². The summed E-state index contributed by atoms with van der Waals surface area (Å²) in [7, 11) is 0. The zero-order valence-corrected chi connectivity index (χ0v) is 13.8. The van der Waals surface area contributed by atoms with Gasteiger partial charge in [-0.25, -0.2) is 4.98 Å². The zero-order chi connectivity index (χ0) is 14.7. The third-order valence-electron chi connectivity index (χ3n) is 4.75. The fourth-order valence-corrected chi connectivity index (χ4v) is 3.77. The van der Waals surface area contributed by atoms with Gasteiger partial charge in [-0.2, -0.15) is 0 Å². The molecule has 3 nitrogen and oxygen atoms in total. The van der Waals surface area contributed by atoms with Crippen LogP contribution in [0.15, 0.2) is 12.1 Å². The number of hydrogen-bond acceptors (Lipinski definition) is 3. The van der Waals surface area contributed by atoms with Crippen molar-refractivity contribution in [2.75, 3.05) is 31.1 Å². The molecule has 0 N–H and O–H groups in total. The van der Waals surface area contributed by atoms with E-state index in [1.165, 1.54) is 43.6 Å². The monoisotopic (exact) mass is 307 g/mol. The molecule has 3 rings (SSSR count). The number of fused-ring (bicyclic) bond motifs is 1. The van der Waals surface area contributed by atoms with Crippen LogP contribution in [-0.2, 0) is 12.3 Å². The van der Waals surface area contributed by atoms with Gasteiger partial charge in [-0.05, 0) is 43.5 Å². The van der Waals surface area contributed by atoms with Crippen molar-refractivity contribution in [1.29, 1.82) is 0 Å². The van der Waals surface area contributed by atoms with Gasteiger partial charge in [0.05, 0.1) is 0 Å². The molecule has 1 aromatic heterocycles. The lowest BCUT2D eigenvalue weighted by Crippen LogP contribution is -2.55. The van der Waals surface area contributed by atoms with Crippen LogP contribution in [0.25, 0.3) is 0 Å². The van der Waals surface area contributed by atoms with Crippen LogP contribution in [0.3, 0.4) is 0 Å². The summed E-state index contributed by atoms with van der Waals surface area (Å²) < 4.78 is 0. The molecule has 0 radical (unpaired) electrons. The molecule has 21 heavy (non-hydrogen) atoms. The number of rotatable bonds is 4. The number of aryl methyl sites for hydroxylation is 1. The van der Waals surface area contributed by atoms with E-state index >= 15 is 0 Å². The van der Waals surface area contributed by atoms with E-state index in [-0.39, 0.29) is 0 Å². The second-order valence-corrected chi connectivity index (χ2v) is 6.61. The quantitative estimate of drug-likeness (QED) is 0.794. The lowest BCUT2D eigenvalue weighted by atomic mass is 9.99. The van der Waals surface area contributed by atoms with Gasteiger partial charge in [0, 0.05) is 37.3 Å². The Balaban J connectivity index is 1.77. The van der Waals surface area contributed by atoms with Gasteiger partial charge < -0.3 is 4.90 Å². The van der Waals surface area contributed by atoms with Crippen molar-refractivity contribution in [2.45, 2.75) is 50.9 Å². The van der Waals surface area contributed by atoms with Crippen molar-refractivity contribution in [1.82, 2.24) is 9.88 Å². The van der Waals surface area contributed by atoms with Gasteiger partial charge in [-0.3, -0.25) is 4.90 Å². The Morgan fingerprint density at radius 2 is 2.14 bits per heavy atom. The van der Waals surface area contributed by atoms with Crippen LogP contribution in [0, 0.1) is 0 Å². The van der Waals surface area contributed by atoms with Crippen LogP contribution in [0.4, 0.5) is 5.82 Å². The van der Waals surface area contributed by atoms with Gasteiger partial charge in [0.15, 0.2) is 0 Å². The fraction of sp³-hybridized carbons (Fsp3) is 0.706. The predicted octanol–water partition coefficient (Wildman–Crippen LogP) is 3.45. The van der Waals surface area contributed by atoms with Gasteiger partial charge in [-0.1, -0.05) is 19.8 Å². The lowest BCUT2D eigenvalue weighted by Gasteiger charge is -2.44. The Morgan fingerprint density at radius 3 is 2.95 bits per heavy atom. The number of pyridine rings is 1. The number of hydrogen-bond donors (Lipinski definition) is 0. The summed E-state index contributed by atoms with van der Waals surface area (Å²) in [6, 6.07) is 5.07. The Hall–Kier alpha value is -0.800. The number of alkyl halides is 1. The van der Waals surface area contributed by atoms with Crippen molar-refractivity contribution in [3.63, 3.8) is 0 Å². The van der Waals surface area contributed by atoms with Crippen molar-refractivity contribution >= 4 is 17.4 Å². The molecule has 0 aromatic carbocycles. The molecule has 0 bridgehead atoms. The molecule has 3 heterocycles. The highest BCUT2D eigenvalue weighted by atomic mass is 35.5. The number of piperidine rings is 1. The van der Waals surface area contributed by atoms with Crippen LogP contribution in [0.2, 0.25) is 0 Å². The van der Waals surface area contributed by atoms with E-state index < -0.39 is 0 Å². The number of aromatic nitrogens is 1. The number of piperazine rings is 1. The highest BCUT2D eigenvalue weighted by Gasteiger charge is 2.29. The van der Waals surface area contributed by atoms with Crippen LogP contribution < -0.4 is 4.90 Å². The molecule has 2 aliphatic rings. The minimum Gasteiger partial charge on any atom is -0.354 e. The molecule has 0 amide bonds. The molecule has 1 aromatic rings. The van der Waals surface area contributed by atoms with Gasteiger partial charge in [0.25, 0.3) is 0 Å². The lowest BCUT2D eigenvalue weighted by molar-refractivity contribution is 0.133. The normalized spacial score (nSPS) is 23.1. The summed E-state index contributed by atoms with van der Waals surface area (Å²) in [6.07, 6.45) is 6.27. The van der Waals surface area contributed by atoms with Crippen LogP contribution >= 0.6 is 11.6 Å². The maximum absolute atomic E-state index is 6.07. The van der Waals surface area contributed by atoms with Gasteiger partial charge in [0.1, 0.15) is 5.82 Å². The summed E-state index contributed by atoms with van der Waals surface area (Å²) in [5, 5.41) is 0. The molecule has 0 aliphatic carbocycles. The first kappa shape index (κ1) is 15.1. The molecular formula is C17H26ClN3. The Kier molecular flexibility index (Phi) is 5.02. The van der Waals surface area contributed by atoms with E-state index in [0.29, 0.717) is 5.88 Å². The second kappa shape index (κ2) is 6.97. The minimum absolute atomic E-state index is 0.579.